The Kier molecular flexibility index (Phi) is 7.18. The molecule has 1 saturated heterocycles. The van der Waals surface area contributed by atoms with Crippen LogP contribution in [0.1, 0.15) is 6.92 Å². The molecule has 5 rings (SSSR count). The summed E-state index contributed by atoms with van der Waals surface area (Å²) >= 11 is 6.92. The number of anilines is 2. The summed E-state index contributed by atoms with van der Waals surface area (Å²) in [6.07, 6.45) is 7.41. The van der Waals surface area contributed by atoms with Crippen LogP contribution in [0.2, 0.25) is 4.34 Å². The van der Waals surface area contributed by atoms with Crippen molar-refractivity contribution in [3.05, 3.63) is 65.5 Å². The van der Waals surface area contributed by atoms with Gasteiger partial charge < -0.3 is 14.5 Å². The number of halogens is 1. The van der Waals surface area contributed by atoms with Crippen molar-refractivity contribution in [1.29, 1.82) is 0 Å². The minimum absolute atomic E-state index is 0.104. The first-order valence-corrected chi connectivity index (χ1v) is 14.2. The smallest absolute Gasteiger partial charge is 0.271 e. The van der Waals surface area contributed by atoms with E-state index in [0.717, 1.165) is 65.4 Å². The summed E-state index contributed by atoms with van der Waals surface area (Å²) in [5, 5.41) is 0.922. The Morgan fingerprint density at radius 1 is 1.05 bits per heavy atom. The number of nitrogens with one attached hydrogen (secondary N) is 1. The standard InChI is InChI=1S/C25H25ClN6O3S2/c1-3-8-31-9-11-32(12-10-31)24-19-13-17(4-5-20(19)28-16-29-24)18-14-21(25(35-2)27-15-18)30-37(33,34)23-7-6-22(26)36-23/h3-8,13-16,30H,9-12H2,1-2H3. The zero-order valence-corrected chi connectivity index (χ0v) is 22.6. The van der Waals surface area contributed by atoms with Crippen LogP contribution in [0.15, 0.2) is 65.4 Å². The molecular formula is C25H25ClN6O3S2. The highest BCUT2D eigenvalue weighted by atomic mass is 35.5. The number of nitrogens with zero attached hydrogens (tertiary/aromatic N) is 5. The van der Waals surface area contributed by atoms with Crippen LogP contribution < -0.4 is 14.4 Å². The molecule has 192 valence electrons. The second kappa shape index (κ2) is 10.5. The number of sulfonamides is 1. The SMILES string of the molecule is CC=CN1CCN(c2ncnc3ccc(-c4cnc(OC)c(NS(=O)(=O)c5ccc(Cl)s5)c4)cc23)CC1. The minimum Gasteiger partial charge on any atom is -0.480 e. The highest BCUT2D eigenvalue weighted by molar-refractivity contribution is 7.94. The zero-order chi connectivity index (χ0) is 26.0. The number of piperazine rings is 1. The number of thiophene rings is 1. The van der Waals surface area contributed by atoms with Gasteiger partial charge in [0, 0.05) is 43.3 Å². The Balaban J connectivity index is 1.49. The molecule has 12 heteroatoms. The van der Waals surface area contributed by atoms with Gasteiger partial charge in [-0.15, -0.1) is 11.3 Å². The number of hydrogen-bond donors (Lipinski definition) is 1. The first-order chi connectivity index (χ1) is 17.9. The van der Waals surface area contributed by atoms with Gasteiger partial charge in [-0.3, -0.25) is 4.72 Å². The molecule has 0 aliphatic carbocycles. The topological polar surface area (TPSA) is 101 Å². The third-order valence-electron chi connectivity index (χ3n) is 6.02. The van der Waals surface area contributed by atoms with Gasteiger partial charge in [-0.1, -0.05) is 23.7 Å². The average molecular weight is 557 g/mol. The molecule has 1 fully saturated rings. The number of aromatic nitrogens is 3. The van der Waals surface area contributed by atoms with Gasteiger partial charge in [0.25, 0.3) is 10.0 Å². The highest BCUT2D eigenvalue weighted by Gasteiger charge is 2.21. The first kappa shape index (κ1) is 25.2. The van der Waals surface area contributed by atoms with Crippen LogP contribution in [-0.2, 0) is 10.0 Å². The Labute approximate surface area is 224 Å². The van der Waals surface area contributed by atoms with Gasteiger partial charge in [-0.25, -0.2) is 23.4 Å². The molecule has 3 aromatic heterocycles. The van der Waals surface area contributed by atoms with E-state index >= 15 is 0 Å². The van der Waals surface area contributed by atoms with E-state index in [-0.39, 0.29) is 15.8 Å². The molecule has 1 aliphatic rings. The van der Waals surface area contributed by atoms with Crippen molar-refractivity contribution in [2.45, 2.75) is 11.1 Å². The van der Waals surface area contributed by atoms with E-state index in [0.29, 0.717) is 4.34 Å². The number of rotatable bonds is 7. The fourth-order valence-corrected chi connectivity index (χ4v) is 6.78. The van der Waals surface area contributed by atoms with Crippen LogP contribution in [0, 0.1) is 0 Å². The monoisotopic (exact) mass is 556 g/mol. The molecule has 4 heterocycles. The maximum absolute atomic E-state index is 12.9. The molecule has 0 radical (unpaired) electrons. The van der Waals surface area contributed by atoms with Gasteiger partial charge in [0.05, 0.1) is 17.0 Å². The van der Waals surface area contributed by atoms with Crippen LogP contribution in [0.5, 0.6) is 5.88 Å². The van der Waals surface area contributed by atoms with E-state index < -0.39 is 10.0 Å². The molecule has 1 aromatic carbocycles. The summed E-state index contributed by atoms with van der Waals surface area (Å²) in [5.74, 6) is 1.04. The van der Waals surface area contributed by atoms with E-state index in [9.17, 15) is 8.42 Å². The molecule has 0 unspecified atom stereocenters. The zero-order valence-electron chi connectivity index (χ0n) is 20.3. The third-order valence-corrected chi connectivity index (χ3v) is 9.11. The molecule has 37 heavy (non-hydrogen) atoms. The van der Waals surface area contributed by atoms with Crippen molar-refractivity contribution in [2.24, 2.45) is 0 Å². The van der Waals surface area contributed by atoms with E-state index in [1.54, 1.807) is 24.7 Å². The molecule has 0 saturated carbocycles. The average Bonchev–Trinajstić information content (AvgIpc) is 3.36. The van der Waals surface area contributed by atoms with E-state index in [1.165, 1.54) is 13.2 Å². The molecule has 1 N–H and O–H groups in total. The number of hydrogen-bond acceptors (Lipinski definition) is 9. The second-order valence-corrected chi connectivity index (χ2v) is 12.0. The third kappa shape index (κ3) is 5.34. The first-order valence-electron chi connectivity index (χ1n) is 11.6. The summed E-state index contributed by atoms with van der Waals surface area (Å²) in [5.41, 5.74) is 2.64. The van der Waals surface area contributed by atoms with E-state index in [1.807, 2.05) is 25.1 Å². The predicted octanol–water partition coefficient (Wildman–Crippen LogP) is 4.87. The number of ether oxygens (including phenoxy) is 1. The minimum atomic E-state index is -3.86. The summed E-state index contributed by atoms with van der Waals surface area (Å²) in [6.45, 7) is 5.55. The fraction of sp³-hybridized carbons (Fsp3) is 0.240. The molecule has 0 atom stereocenters. The molecule has 0 spiro atoms. The number of allylic oxidation sites excluding steroid dienone is 1. The van der Waals surface area contributed by atoms with Gasteiger partial charge in [0.2, 0.25) is 5.88 Å². The molecule has 9 nitrogen and oxygen atoms in total. The molecule has 0 bridgehead atoms. The summed E-state index contributed by atoms with van der Waals surface area (Å²) < 4.78 is 34.2. The maximum atomic E-state index is 12.9. The van der Waals surface area contributed by atoms with Crippen LogP contribution >= 0.6 is 22.9 Å². The van der Waals surface area contributed by atoms with Gasteiger partial charge >= 0.3 is 0 Å². The van der Waals surface area contributed by atoms with E-state index in [4.69, 9.17) is 16.3 Å². The van der Waals surface area contributed by atoms with Crippen LogP contribution in [0.25, 0.3) is 22.0 Å². The number of benzene rings is 1. The Morgan fingerprint density at radius 2 is 1.86 bits per heavy atom. The van der Waals surface area contributed by atoms with Crippen molar-refractivity contribution in [3.63, 3.8) is 0 Å². The van der Waals surface area contributed by atoms with Crippen molar-refractivity contribution >= 4 is 55.4 Å². The molecule has 4 aromatic rings. The van der Waals surface area contributed by atoms with Gasteiger partial charge in [-0.05, 0) is 49.0 Å². The summed E-state index contributed by atoms with van der Waals surface area (Å²) in [6, 6.07) is 10.6. The lowest BCUT2D eigenvalue weighted by molar-refractivity contribution is 0.348. The molecular weight excluding hydrogens is 532 g/mol. The summed E-state index contributed by atoms with van der Waals surface area (Å²) in [4.78, 5) is 18.0. The molecule has 0 amide bonds. The fourth-order valence-electron chi connectivity index (χ4n) is 4.25. The quantitative estimate of drug-likeness (QED) is 0.344. The van der Waals surface area contributed by atoms with Gasteiger partial charge in [0.1, 0.15) is 22.0 Å². The largest absolute Gasteiger partial charge is 0.480 e. The number of pyridine rings is 1. The molecule has 1 aliphatic heterocycles. The van der Waals surface area contributed by atoms with Crippen LogP contribution in [0.3, 0.4) is 0 Å². The Hall–Kier alpha value is -3.41. The van der Waals surface area contributed by atoms with Crippen LogP contribution in [-0.4, -0.2) is 61.6 Å². The Morgan fingerprint density at radius 3 is 2.57 bits per heavy atom. The second-order valence-electron chi connectivity index (χ2n) is 8.38. The van der Waals surface area contributed by atoms with Gasteiger partial charge in [0.15, 0.2) is 0 Å². The van der Waals surface area contributed by atoms with Crippen LogP contribution in [0.4, 0.5) is 11.5 Å². The van der Waals surface area contributed by atoms with E-state index in [2.05, 4.69) is 41.7 Å². The lowest BCUT2D eigenvalue weighted by atomic mass is 10.0. The van der Waals surface area contributed by atoms with Crippen molar-refractivity contribution in [1.82, 2.24) is 19.9 Å². The van der Waals surface area contributed by atoms with Crippen molar-refractivity contribution in [2.75, 3.05) is 42.9 Å². The number of fused-ring (bicyclic) bond motifs is 1. The van der Waals surface area contributed by atoms with Crippen molar-refractivity contribution < 1.29 is 13.2 Å². The number of methoxy groups -OCH3 is 1. The van der Waals surface area contributed by atoms with Crippen molar-refractivity contribution in [3.8, 4) is 17.0 Å². The summed E-state index contributed by atoms with van der Waals surface area (Å²) in [7, 11) is -2.42. The lowest BCUT2D eigenvalue weighted by Crippen LogP contribution is -2.44. The Bertz CT molecular complexity index is 1570. The maximum Gasteiger partial charge on any atom is 0.271 e. The van der Waals surface area contributed by atoms with Gasteiger partial charge in [-0.2, -0.15) is 0 Å². The normalized spacial score (nSPS) is 14.5. The predicted molar refractivity (Wildman–Crippen MR) is 148 cm³/mol. The highest BCUT2D eigenvalue weighted by Crippen LogP contribution is 2.34. The lowest BCUT2D eigenvalue weighted by Gasteiger charge is -2.35.